The molecule has 7 heteroatoms. The molecule has 0 bridgehead atoms. The van der Waals surface area contributed by atoms with Crippen molar-refractivity contribution in [3.8, 4) is 5.75 Å². The first kappa shape index (κ1) is 20.4. The topological polar surface area (TPSA) is 92.9 Å². The fourth-order valence-electron chi connectivity index (χ4n) is 3.62. The maximum Gasteiger partial charge on any atom is 0.290 e. The van der Waals surface area contributed by atoms with Gasteiger partial charge < -0.3 is 19.2 Å². The number of amides is 1. The van der Waals surface area contributed by atoms with Gasteiger partial charge in [0.2, 0.25) is 5.78 Å². The Hall–Kier alpha value is -3.87. The highest BCUT2D eigenvalue weighted by Gasteiger charge is 2.44. The summed E-state index contributed by atoms with van der Waals surface area (Å²) in [6.45, 7) is 4.04. The maximum absolute atomic E-state index is 13.1. The number of carbonyl (C=O) groups excluding carboxylic acids is 2. The molecule has 0 fully saturated rings. The molecule has 0 saturated carbocycles. The minimum absolute atomic E-state index is 0.0126. The number of aliphatic hydroxyl groups is 1. The number of benzene rings is 1. The van der Waals surface area contributed by atoms with Crippen LogP contribution in [0, 0.1) is 0 Å². The Labute approximate surface area is 179 Å². The molecule has 1 aliphatic rings. The molecule has 1 amide bonds. The summed E-state index contributed by atoms with van der Waals surface area (Å²) in [4.78, 5) is 31.7. The molecule has 0 spiro atoms. The van der Waals surface area contributed by atoms with Crippen LogP contribution in [-0.2, 0) is 11.3 Å². The first-order chi connectivity index (χ1) is 15.0. The third kappa shape index (κ3) is 4.07. The number of furan rings is 1. The molecule has 158 valence electrons. The van der Waals surface area contributed by atoms with Crippen LogP contribution in [0.4, 0.5) is 0 Å². The fraction of sp³-hybridized carbons (Fsp3) is 0.208. The summed E-state index contributed by atoms with van der Waals surface area (Å²) in [5.74, 6) is -0.988. The molecule has 3 heterocycles. The standard InChI is InChI=1S/C24H22N2O5/c1-15(2)31-18-9-7-17(8-10-18)21-20(22(27)19-6-4-12-30-19)23(28)24(29)26(21)14-16-5-3-11-25-13-16/h3-13,15,21,28H,14H2,1-2H3/t21-/m1/s1. The molecule has 7 nitrogen and oxygen atoms in total. The molecule has 4 rings (SSSR count). The van der Waals surface area contributed by atoms with E-state index < -0.39 is 23.5 Å². The molecular weight excluding hydrogens is 396 g/mol. The molecule has 1 atom stereocenters. The first-order valence-corrected chi connectivity index (χ1v) is 9.93. The van der Waals surface area contributed by atoms with Gasteiger partial charge in [0, 0.05) is 18.9 Å². The molecule has 1 aliphatic heterocycles. The summed E-state index contributed by atoms with van der Waals surface area (Å²) in [6.07, 6.45) is 4.68. The number of ketones is 1. The molecule has 3 aromatic rings. The summed E-state index contributed by atoms with van der Waals surface area (Å²) < 4.78 is 10.9. The van der Waals surface area contributed by atoms with Crippen molar-refractivity contribution in [2.75, 3.05) is 0 Å². The number of rotatable bonds is 7. The average Bonchev–Trinajstić information content (AvgIpc) is 3.38. The van der Waals surface area contributed by atoms with Crippen LogP contribution in [0.5, 0.6) is 5.75 Å². The lowest BCUT2D eigenvalue weighted by molar-refractivity contribution is -0.130. The second-order valence-electron chi connectivity index (χ2n) is 7.50. The van der Waals surface area contributed by atoms with Crippen molar-refractivity contribution in [3.63, 3.8) is 0 Å². The van der Waals surface area contributed by atoms with Crippen LogP contribution in [0.3, 0.4) is 0 Å². The van der Waals surface area contributed by atoms with E-state index in [1.54, 1.807) is 48.8 Å². The Bertz CT molecular complexity index is 1100. The number of carbonyl (C=O) groups is 2. The molecule has 0 radical (unpaired) electrons. The number of hydrogen-bond donors (Lipinski definition) is 1. The van der Waals surface area contributed by atoms with Crippen molar-refractivity contribution < 1.29 is 23.8 Å². The highest BCUT2D eigenvalue weighted by Crippen LogP contribution is 2.40. The number of nitrogens with zero attached hydrogens (tertiary/aromatic N) is 2. The van der Waals surface area contributed by atoms with Crippen LogP contribution in [-0.4, -0.2) is 32.8 Å². The van der Waals surface area contributed by atoms with E-state index in [0.29, 0.717) is 11.3 Å². The van der Waals surface area contributed by atoms with Crippen LogP contribution in [0.1, 0.15) is 41.6 Å². The van der Waals surface area contributed by atoms with Crippen molar-refractivity contribution in [3.05, 3.63) is 95.4 Å². The first-order valence-electron chi connectivity index (χ1n) is 9.93. The van der Waals surface area contributed by atoms with Crippen molar-refractivity contribution in [1.82, 2.24) is 9.88 Å². The van der Waals surface area contributed by atoms with E-state index >= 15 is 0 Å². The quantitative estimate of drug-likeness (QED) is 0.577. The maximum atomic E-state index is 13.1. The van der Waals surface area contributed by atoms with Crippen molar-refractivity contribution in [2.45, 2.75) is 32.5 Å². The molecule has 0 saturated heterocycles. The van der Waals surface area contributed by atoms with Crippen LogP contribution >= 0.6 is 0 Å². The summed E-state index contributed by atoms with van der Waals surface area (Å²) in [5, 5.41) is 10.7. The predicted octanol–water partition coefficient (Wildman–Crippen LogP) is 4.24. The van der Waals surface area contributed by atoms with Crippen LogP contribution < -0.4 is 4.74 Å². The van der Waals surface area contributed by atoms with Gasteiger partial charge in [-0.05, 0) is 55.3 Å². The molecule has 2 aromatic heterocycles. The smallest absolute Gasteiger partial charge is 0.290 e. The van der Waals surface area contributed by atoms with Crippen molar-refractivity contribution in [1.29, 1.82) is 0 Å². The summed E-state index contributed by atoms with van der Waals surface area (Å²) in [6, 6.07) is 13.1. The molecule has 0 aliphatic carbocycles. The molecule has 1 N–H and O–H groups in total. The Kier molecular flexibility index (Phi) is 5.58. The lowest BCUT2D eigenvalue weighted by Gasteiger charge is -2.27. The van der Waals surface area contributed by atoms with Crippen molar-refractivity contribution >= 4 is 11.7 Å². The third-order valence-corrected chi connectivity index (χ3v) is 4.94. The lowest BCUT2D eigenvalue weighted by Crippen LogP contribution is -2.30. The Morgan fingerprint density at radius 2 is 1.97 bits per heavy atom. The van der Waals surface area contributed by atoms with Crippen molar-refractivity contribution in [2.24, 2.45) is 0 Å². The molecular formula is C24H22N2O5. The zero-order valence-corrected chi connectivity index (χ0v) is 17.2. The van der Waals surface area contributed by atoms with E-state index in [9.17, 15) is 14.7 Å². The second-order valence-corrected chi connectivity index (χ2v) is 7.50. The largest absolute Gasteiger partial charge is 0.503 e. The number of aromatic nitrogens is 1. The lowest BCUT2D eigenvalue weighted by atomic mass is 9.95. The van der Waals surface area contributed by atoms with E-state index in [-0.39, 0.29) is 24.0 Å². The van der Waals surface area contributed by atoms with Gasteiger partial charge in [0.05, 0.1) is 24.0 Å². The van der Waals surface area contributed by atoms with Gasteiger partial charge in [0.1, 0.15) is 5.75 Å². The van der Waals surface area contributed by atoms with E-state index in [0.717, 1.165) is 5.56 Å². The van der Waals surface area contributed by atoms with E-state index in [1.165, 1.54) is 17.2 Å². The Morgan fingerprint density at radius 3 is 2.58 bits per heavy atom. The number of pyridine rings is 1. The number of aliphatic hydroxyl groups excluding tert-OH is 1. The summed E-state index contributed by atoms with van der Waals surface area (Å²) in [7, 11) is 0. The Balaban J connectivity index is 1.75. The van der Waals surface area contributed by atoms with E-state index in [1.807, 2.05) is 19.9 Å². The third-order valence-electron chi connectivity index (χ3n) is 4.94. The van der Waals surface area contributed by atoms with Gasteiger partial charge in [-0.25, -0.2) is 0 Å². The van der Waals surface area contributed by atoms with Crippen LogP contribution in [0.2, 0.25) is 0 Å². The van der Waals surface area contributed by atoms with Gasteiger partial charge in [-0.3, -0.25) is 14.6 Å². The highest BCUT2D eigenvalue weighted by atomic mass is 16.5. The number of hydrogen-bond acceptors (Lipinski definition) is 6. The van der Waals surface area contributed by atoms with E-state index in [2.05, 4.69) is 4.98 Å². The predicted molar refractivity (Wildman–Crippen MR) is 112 cm³/mol. The summed E-state index contributed by atoms with van der Waals surface area (Å²) >= 11 is 0. The molecule has 0 unspecified atom stereocenters. The normalized spacial score (nSPS) is 16.3. The summed E-state index contributed by atoms with van der Waals surface area (Å²) in [5.41, 5.74) is 1.44. The minimum Gasteiger partial charge on any atom is -0.503 e. The van der Waals surface area contributed by atoms with Gasteiger partial charge in [-0.1, -0.05) is 18.2 Å². The zero-order valence-electron chi connectivity index (χ0n) is 17.2. The average molecular weight is 418 g/mol. The van der Waals surface area contributed by atoms with Gasteiger partial charge in [-0.2, -0.15) is 0 Å². The SMILES string of the molecule is CC(C)Oc1ccc([C@@H]2C(C(=O)c3ccco3)=C(O)C(=O)N2Cc2cccnc2)cc1. The van der Waals surface area contributed by atoms with Gasteiger partial charge in [0.25, 0.3) is 5.91 Å². The molecule has 31 heavy (non-hydrogen) atoms. The Morgan fingerprint density at radius 1 is 1.19 bits per heavy atom. The number of Topliss-reactive ketones (excluding diaryl/α,β-unsaturated/α-hetero) is 1. The van der Waals surface area contributed by atoms with Gasteiger partial charge >= 0.3 is 0 Å². The fourth-order valence-corrected chi connectivity index (χ4v) is 3.62. The number of ether oxygens (including phenoxy) is 1. The second kappa shape index (κ2) is 8.47. The monoisotopic (exact) mass is 418 g/mol. The van der Waals surface area contributed by atoms with Crippen LogP contribution in [0.15, 0.2) is 82.9 Å². The van der Waals surface area contributed by atoms with Gasteiger partial charge in [-0.15, -0.1) is 0 Å². The highest BCUT2D eigenvalue weighted by molar-refractivity contribution is 6.14. The molecule has 1 aromatic carbocycles. The van der Waals surface area contributed by atoms with Crippen LogP contribution in [0.25, 0.3) is 0 Å². The minimum atomic E-state index is -0.779. The van der Waals surface area contributed by atoms with Gasteiger partial charge in [0.15, 0.2) is 11.5 Å². The zero-order chi connectivity index (χ0) is 22.0. The van der Waals surface area contributed by atoms with E-state index in [4.69, 9.17) is 9.15 Å².